The lowest BCUT2D eigenvalue weighted by Crippen LogP contribution is -2.18. The highest BCUT2D eigenvalue weighted by molar-refractivity contribution is 5.77. The van der Waals surface area contributed by atoms with Crippen LogP contribution in [0.4, 0.5) is 0 Å². The molecule has 1 aliphatic carbocycles. The molecule has 19 heavy (non-hydrogen) atoms. The second-order valence-electron chi connectivity index (χ2n) is 4.98. The topological polar surface area (TPSA) is 43.6 Å². The number of pyridine rings is 2. The summed E-state index contributed by atoms with van der Waals surface area (Å²) in [4.78, 5) is 13.5. The van der Waals surface area contributed by atoms with E-state index < -0.39 is 0 Å². The molecule has 0 aromatic carbocycles. The van der Waals surface area contributed by atoms with Crippen molar-refractivity contribution in [2.24, 2.45) is 0 Å². The maximum atomic E-state index is 4.75. The first kappa shape index (κ1) is 10.7. The van der Waals surface area contributed by atoms with Crippen molar-refractivity contribution in [2.45, 2.75) is 25.3 Å². The minimum absolute atomic E-state index is 0.537. The van der Waals surface area contributed by atoms with E-state index in [4.69, 9.17) is 4.98 Å². The third-order valence-electron chi connectivity index (χ3n) is 3.81. The zero-order chi connectivity index (χ0) is 12.7. The summed E-state index contributed by atoms with van der Waals surface area (Å²) in [5, 5.41) is 0. The second-order valence-corrected chi connectivity index (χ2v) is 4.98. The van der Waals surface area contributed by atoms with E-state index in [1.54, 1.807) is 6.20 Å². The predicted octanol–water partition coefficient (Wildman–Crippen LogP) is 3.22. The Kier molecular flexibility index (Phi) is 2.33. The van der Waals surface area contributed by atoms with Gasteiger partial charge in [0.15, 0.2) is 5.65 Å². The maximum Gasteiger partial charge on any atom is 0.160 e. The van der Waals surface area contributed by atoms with Gasteiger partial charge in [0.25, 0.3) is 0 Å². The fraction of sp³-hybridized carbons (Fsp3) is 0.267. The van der Waals surface area contributed by atoms with E-state index in [2.05, 4.69) is 20.6 Å². The van der Waals surface area contributed by atoms with Gasteiger partial charge in [-0.2, -0.15) is 0 Å². The fourth-order valence-electron chi connectivity index (χ4n) is 2.62. The van der Waals surface area contributed by atoms with Crippen molar-refractivity contribution >= 4 is 11.2 Å². The minimum Gasteiger partial charge on any atom is -0.306 e. The van der Waals surface area contributed by atoms with Crippen molar-refractivity contribution in [3.05, 3.63) is 42.9 Å². The lowest BCUT2D eigenvalue weighted by Gasteiger charge is -2.28. The summed E-state index contributed by atoms with van der Waals surface area (Å²) in [6.07, 6.45) is 9.23. The highest BCUT2D eigenvalue weighted by Gasteiger charge is 2.25. The van der Waals surface area contributed by atoms with E-state index in [-0.39, 0.29) is 0 Å². The van der Waals surface area contributed by atoms with Crippen LogP contribution in [0.3, 0.4) is 0 Å². The monoisotopic (exact) mass is 250 g/mol. The summed E-state index contributed by atoms with van der Waals surface area (Å²) in [5.41, 5.74) is 3.02. The molecule has 0 N–H and O–H groups in total. The first-order valence-corrected chi connectivity index (χ1v) is 6.67. The summed E-state index contributed by atoms with van der Waals surface area (Å²) in [7, 11) is 0. The second kappa shape index (κ2) is 4.16. The van der Waals surface area contributed by atoms with Gasteiger partial charge in [0.05, 0.1) is 0 Å². The molecule has 0 amide bonds. The number of fused-ring (bicyclic) bond motifs is 1. The van der Waals surface area contributed by atoms with Crippen LogP contribution in [0.2, 0.25) is 0 Å². The van der Waals surface area contributed by atoms with Crippen molar-refractivity contribution < 1.29 is 0 Å². The van der Waals surface area contributed by atoms with Crippen molar-refractivity contribution in [3.8, 4) is 11.4 Å². The van der Waals surface area contributed by atoms with Gasteiger partial charge in [0, 0.05) is 30.2 Å². The molecular formula is C15H14N4. The lowest BCUT2D eigenvalue weighted by molar-refractivity contribution is 0.322. The average molecular weight is 250 g/mol. The number of imidazole rings is 1. The zero-order valence-corrected chi connectivity index (χ0v) is 10.5. The smallest absolute Gasteiger partial charge is 0.160 e. The van der Waals surface area contributed by atoms with Gasteiger partial charge in [0.1, 0.15) is 11.3 Å². The van der Waals surface area contributed by atoms with Gasteiger partial charge in [-0.1, -0.05) is 0 Å². The number of hydrogen-bond acceptors (Lipinski definition) is 3. The molecule has 3 heterocycles. The molecule has 3 aromatic heterocycles. The average Bonchev–Trinajstić information content (AvgIpc) is 2.78. The number of aromatic nitrogens is 4. The van der Waals surface area contributed by atoms with E-state index in [1.807, 2.05) is 30.6 Å². The molecule has 1 saturated carbocycles. The van der Waals surface area contributed by atoms with Crippen LogP contribution in [0, 0.1) is 0 Å². The molecule has 94 valence electrons. The first-order chi connectivity index (χ1) is 9.43. The van der Waals surface area contributed by atoms with Gasteiger partial charge in [-0.15, -0.1) is 0 Å². The SMILES string of the molecule is c1cncc(-c2nc3cccnc3n2C2CCC2)c1. The van der Waals surface area contributed by atoms with Gasteiger partial charge < -0.3 is 4.57 Å². The van der Waals surface area contributed by atoms with Crippen LogP contribution in [0.1, 0.15) is 25.3 Å². The highest BCUT2D eigenvalue weighted by Crippen LogP contribution is 2.37. The van der Waals surface area contributed by atoms with E-state index >= 15 is 0 Å². The van der Waals surface area contributed by atoms with Gasteiger partial charge in [0.2, 0.25) is 0 Å². The van der Waals surface area contributed by atoms with Gasteiger partial charge >= 0.3 is 0 Å². The fourth-order valence-corrected chi connectivity index (χ4v) is 2.62. The summed E-state index contributed by atoms with van der Waals surface area (Å²) >= 11 is 0. The van der Waals surface area contributed by atoms with Gasteiger partial charge in [-0.3, -0.25) is 4.98 Å². The molecule has 1 fully saturated rings. The van der Waals surface area contributed by atoms with Crippen LogP contribution < -0.4 is 0 Å². The van der Waals surface area contributed by atoms with Crippen LogP contribution in [-0.4, -0.2) is 19.5 Å². The van der Waals surface area contributed by atoms with Crippen LogP contribution >= 0.6 is 0 Å². The number of nitrogens with zero attached hydrogens (tertiary/aromatic N) is 4. The maximum absolute atomic E-state index is 4.75. The van der Waals surface area contributed by atoms with Crippen molar-refractivity contribution in [1.29, 1.82) is 0 Å². The predicted molar refractivity (Wildman–Crippen MR) is 73.6 cm³/mol. The Bertz CT molecular complexity index is 713. The number of rotatable bonds is 2. The summed E-state index contributed by atoms with van der Waals surface area (Å²) < 4.78 is 2.29. The molecule has 1 aliphatic rings. The van der Waals surface area contributed by atoms with Crippen LogP contribution in [0.15, 0.2) is 42.9 Å². The summed E-state index contributed by atoms with van der Waals surface area (Å²) in [5.74, 6) is 0.992. The highest BCUT2D eigenvalue weighted by atomic mass is 15.2. The first-order valence-electron chi connectivity index (χ1n) is 6.67. The summed E-state index contributed by atoms with van der Waals surface area (Å²) in [6.45, 7) is 0. The van der Waals surface area contributed by atoms with Gasteiger partial charge in [-0.25, -0.2) is 9.97 Å². The third kappa shape index (κ3) is 1.63. The molecule has 4 nitrogen and oxygen atoms in total. The minimum atomic E-state index is 0.537. The van der Waals surface area contributed by atoms with Crippen LogP contribution in [-0.2, 0) is 0 Å². The molecule has 0 bridgehead atoms. The van der Waals surface area contributed by atoms with Crippen molar-refractivity contribution in [3.63, 3.8) is 0 Å². The Hall–Kier alpha value is -2.23. The van der Waals surface area contributed by atoms with E-state index in [1.165, 1.54) is 19.3 Å². The molecule has 0 spiro atoms. The Labute approximate surface area is 111 Å². The molecule has 3 aromatic rings. The molecule has 0 atom stereocenters. The van der Waals surface area contributed by atoms with Gasteiger partial charge in [-0.05, 0) is 43.5 Å². The molecule has 0 unspecified atom stereocenters. The van der Waals surface area contributed by atoms with E-state index in [0.29, 0.717) is 6.04 Å². The third-order valence-corrected chi connectivity index (χ3v) is 3.81. The van der Waals surface area contributed by atoms with Crippen LogP contribution in [0.25, 0.3) is 22.6 Å². The standard InChI is InChI=1S/C15H14N4/c1-5-12(6-1)19-14(11-4-2-8-16-10-11)18-13-7-3-9-17-15(13)19/h2-4,7-10,12H,1,5-6H2. The van der Waals surface area contributed by atoms with Crippen molar-refractivity contribution in [1.82, 2.24) is 19.5 Å². The van der Waals surface area contributed by atoms with Crippen LogP contribution in [0.5, 0.6) is 0 Å². The molecule has 4 rings (SSSR count). The summed E-state index contributed by atoms with van der Waals surface area (Å²) in [6, 6.07) is 8.51. The van der Waals surface area contributed by atoms with E-state index in [0.717, 1.165) is 22.6 Å². The number of hydrogen-bond donors (Lipinski definition) is 0. The Morgan fingerprint density at radius 2 is 2.00 bits per heavy atom. The van der Waals surface area contributed by atoms with E-state index in [9.17, 15) is 0 Å². The molecular weight excluding hydrogens is 236 g/mol. The van der Waals surface area contributed by atoms with Crippen molar-refractivity contribution in [2.75, 3.05) is 0 Å². The molecule has 4 heteroatoms. The normalized spacial score (nSPS) is 15.6. The lowest BCUT2D eigenvalue weighted by atomic mass is 9.92. The Balaban J connectivity index is 1.98. The Morgan fingerprint density at radius 3 is 2.74 bits per heavy atom. The quantitative estimate of drug-likeness (QED) is 0.701. The Morgan fingerprint density at radius 1 is 1.11 bits per heavy atom. The molecule has 0 saturated heterocycles. The largest absolute Gasteiger partial charge is 0.306 e. The zero-order valence-electron chi connectivity index (χ0n) is 10.5. The molecule has 0 aliphatic heterocycles. The molecule has 0 radical (unpaired) electrons.